The number of aromatic amines is 1. The predicted molar refractivity (Wildman–Crippen MR) is 89.2 cm³/mol. The zero-order valence-electron chi connectivity index (χ0n) is 13.8. The monoisotopic (exact) mass is 331 g/mol. The molecule has 1 aromatic carbocycles. The zero-order valence-corrected chi connectivity index (χ0v) is 13.8. The lowest BCUT2D eigenvalue weighted by molar-refractivity contribution is 0.0764. The molecule has 0 bridgehead atoms. The Hall–Kier alpha value is -2.21. The fraction of sp³-hybridized carbons (Fsp3) is 0.444. The summed E-state index contributed by atoms with van der Waals surface area (Å²) >= 11 is 0. The molecule has 1 amide bonds. The lowest BCUT2D eigenvalue weighted by Crippen LogP contribution is -2.28. The Kier molecular flexibility index (Phi) is 5.25. The second-order valence-corrected chi connectivity index (χ2v) is 6.17. The van der Waals surface area contributed by atoms with Crippen LogP contribution in [0.2, 0.25) is 0 Å². The minimum Gasteiger partial charge on any atom is -0.378 e. The van der Waals surface area contributed by atoms with Gasteiger partial charge >= 0.3 is 0 Å². The van der Waals surface area contributed by atoms with Crippen LogP contribution in [0.5, 0.6) is 0 Å². The van der Waals surface area contributed by atoms with E-state index >= 15 is 0 Å². The molecule has 1 atom stereocenters. The highest BCUT2D eigenvalue weighted by molar-refractivity contribution is 5.99. The lowest BCUT2D eigenvalue weighted by Gasteiger charge is -2.18. The van der Waals surface area contributed by atoms with Gasteiger partial charge in [0.15, 0.2) is 0 Å². The maximum Gasteiger partial charge on any atom is 0.257 e. The first-order valence-corrected chi connectivity index (χ1v) is 8.31. The summed E-state index contributed by atoms with van der Waals surface area (Å²) in [5, 5.41) is 6.76. The van der Waals surface area contributed by atoms with E-state index in [0.717, 1.165) is 32.3 Å². The van der Waals surface area contributed by atoms with Crippen molar-refractivity contribution < 1.29 is 13.9 Å². The molecule has 1 fully saturated rings. The molecule has 6 heteroatoms. The van der Waals surface area contributed by atoms with Crippen molar-refractivity contribution in [2.75, 3.05) is 20.2 Å². The van der Waals surface area contributed by atoms with E-state index in [1.165, 1.54) is 18.3 Å². The molecule has 3 rings (SSSR count). The summed E-state index contributed by atoms with van der Waals surface area (Å²) in [6.07, 6.45) is 5.96. The van der Waals surface area contributed by atoms with Crippen molar-refractivity contribution >= 4 is 5.91 Å². The molecule has 1 N–H and O–H groups in total. The highest BCUT2D eigenvalue weighted by atomic mass is 19.1. The Morgan fingerprint density at radius 3 is 3.12 bits per heavy atom. The van der Waals surface area contributed by atoms with E-state index in [-0.39, 0.29) is 11.7 Å². The van der Waals surface area contributed by atoms with Crippen LogP contribution in [-0.4, -0.2) is 47.3 Å². The average Bonchev–Trinajstić information content (AvgIpc) is 3.25. The molecule has 1 aliphatic heterocycles. The quantitative estimate of drug-likeness (QED) is 0.884. The number of aromatic nitrogens is 2. The number of rotatable bonds is 6. The van der Waals surface area contributed by atoms with E-state index in [1.807, 2.05) is 0 Å². The third-order valence-electron chi connectivity index (χ3n) is 4.37. The normalized spacial score (nSPS) is 17.2. The van der Waals surface area contributed by atoms with Gasteiger partial charge in [-0.2, -0.15) is 5.10 Å². The van der Waals surface area contributed by atoms with Gasteiger partial charge in [-0.15, -0.1) is 0 Å². The molecule has 1 aromatic heterocycles. The van der Waals surface area contributed by atoms with Crippen LogP contribution >= 0.6 is 0 Å². The zero-order chi connectivity index (χ0) is 16.9. The minimum absolute atomic E-state index is 0.115. The summed E-state index contributed by atoms with van der Waals surface area (Å²) in [4.78, 5) is 14.3. The number of nitrogens with zero attached hydrogens (tertiary/aromatic N) is 2. The predicted octanol–water partition coefficient (Wildman–Crippen LogP) is 3.25. The molecule has 1 aliphatic rings. The molecule has 0 radical (unpaired) electrons. The fourth-order valence-corrected chi connectivity index (χ4v) is 3.05. The van der Waals surface area contributed by atoms with Gasteiger partial charge in [-0.05, 0) is 37.8 Å². The molecule has 128 valence electrons. The Morgan fingerprint density at radius 1 is 1.50 bits per heavy atom. The van der Waals surface area contributed by atoms with Gasteiger partial charge in [-0.25, -0.2) is 4.39 Å². The lowest BCUT2D eigenvalue weighted by atomic mass is 10.1. The van der Waals surface area contributed by atoms with E-state index in [4.69, 9.17) is 4.74 Å². The van der Waals surface area contributed by atoms with E-state index < -0.39 is 0 Å². The van der Waals surface area contributed by atoms with E-state index in [0.29, 0.717) is 29.5 Å². The number of halogens is 1. The molecule has 0 spiro atoms. The van der Waals surface area contributed by atoms with Crippen molar-refractivity contribution in [2.24, 2.45) is 0 Å². The van der Waals surface area contributed by atoms with Crippen molar-refractivity contribution in [2.45, 2.75) is 31.8 Å². The maximum atomic E-state index is 13.4. The van der Waals surface area contributed by atoms with Crippen LogP contribution in [0, 0.1) is 5.82 Å². The number of carbonyl (C=O) groups is 1. The van der Waals surface area contributed by atoms with Crippen molar-refractivity contribution in [3.05, 3.63) is 41.8 Å². The summed E-state index contributed by atoms with van der Waals surface area (Å²) in [7, 11) is 1.78. The van der Waals surface area contributed by atoms with Crippen molar-refractivity contribution in [1.82, 2.24) is 15.1 Å². The Labute approximate surface area is 140 Å². The first kappa shape index (κ1) is 16.6. The van der Waals surface area contributed by atoms with Crippen molar-refractivity contribution in [3.8, 4) is 11.3 Å². The highest BCUT2D eigenvalue weighted by Crippen LogP contribution is 2.23. The Bertz CT molecular complexity index is 695. The molecule has 2 heterocycles. The molecule has 1 saturated heterocycles. The van der Waals surface area contributed by atoms with Gasteiger partial charge in [-0.1, -0.05) is 12.1 Å². The fourth-order valence-electron chi connectivity index (χ4n) is 3.05. The standard InChI is InChI=1S/C18H22FN3O2/c1-22(9-3-7-15-8-4-10-24-15)18(23)16-12-20-21-17(16)13-5-2-6-14(19)11-13/h2,5-6,11-12,15H,3-4,7-10H2,1H3,(H,20,21)/t15-/m1/s1. The van der Waals surface area contributed by atoms with Gasteiger partial charge < -0.3 is 9.64 Å². The van der Waals surface area contributed by atoms with Gasteiger partial charge in [0.25, 0.3) is 5.91 Å². The first-order valence-electron chi connectivity index (χ1n) is 8.31. The highest BCUT2D eigenvalue weighted by Gasteiger charge is 2.20. The van der Waals surface area contributed by atoms with Crippen LogP contribution in [0.4, 0.5) is 4.39 Å². The summed E-state index contributed by atoms with van der Waals surface area (Å²) in [6.45, 7) is 1.51. The number of carbonyl (C=O) groups excluding carboxylic acids is 1. The number of amides is 1. The molecule has 5 nitrogen and oxygen atoms in total. The Balaban J connectivity index is 1.63. The van der Waals surface area contributed by atoms with Crippen molar-refractivity contribution in [3.63, 3.8) is 0 Å². The number of hydrogen-bond donors (Lipinski definition) is 1. The van der Waals surface area contributed by atoms with Crippen LogP contribution in [0.25, 0.3) is 11.3 Å². The Morgan fingerprint density at radius 2 is 2.38 bits per heavy atom. The maximum absolute atomic E-state index is 13.4. The topological polar surface area (TPSA) is 58.2 Å². The van der Waals surface area contributed by atoms with Crippen LogP contribution in [-0.2, 0) is 4.74 Å². The smallest absolute Gasteiger partial charge is 0.257 e. The van der Waals surface area contributed by atoms with E-state index in [2.05, 4.69) is 10.2 Å². The second kappa shape index (κ2) is 7.57. The minimum atomic E-state index is -0.342. The van der Waals surface area contributed by atoms with Crippen molar-refractivity contribution in [1.29, 1.82) is 0 Å². The summed E-state index contributed by atoms with van der Waals surface area (Å²) in [6, 6.07) is 6.14. The molecule has 0 unspecified atom stereocenters. The first-order chi connectivity index (χ1) is 11.6. The third-order valence-corrected chi connectivity index (χ3v) is 4.37. The SMILES string of the molecule is CN(CCC[C@@H]1CCCO1)C(=O)c1cn[nH]c1-c1cccc(F)c1. The van der Waals surface area contributed by atoms with Gasteiger partial charge in [0.05, 0.1) is 23.6 Å². The van der Waals surface area contributed by atoms with Crippen LogP contribution in [0.3, 0.4) is 0 Å². The summed E-state index contributed by atoms with van der Waals surface area (Å²) in [5.74, 6) is -0.458. The number of hydrogen-bond acceptors (Lipinski definition) is 3. The summed E-state index contributed by atoms with van der Waals surface area (Å²) < 4.78 is 19.0. The number of H-pyrrole nitrogens is 1. The van der Waals surface area contributed by atoms with Gasteiger partial charge in [0.1, 0.15) is 5.82 Å². The molecule has 24 heavy (non-hydrogen) atoms. The summed E-state index contributed by atoms with van der Waals surface area (Å²) in [5.41, 5.74) is 1.62. The van der Waals surface area contributed by atoms with Gasteiger partial charge in [-0.3, -0.25) is 9.89 Å². The van der Waals surface area contributed by atoms with Gasteiger partial charge in [0.2, 0.25) is 0 Å². The molecule has 0 saturated carbocycles. The van der Waals surface area contributed by atoms with E-state index in [1.54, 1.807) is 24.1 Å². The molecular weight excluding hydrogens is 309 g/mol. The number of ether oxygens (including phenoxy) is 1. The molecule has 2 aromatic rings. The van der Waals surface area contributed by atoms with Crippen LogP contribution in [0.15, 0.2) is 30.5 Å². The molecular formula is C18H22FN3O2. The third kappa shape index (κ3) is 3.82. The van der Waals surface area contributed by atoms with Crippen LogP contribution in [0.1, 0.15) is 36.0 Å². The van der Waals surface area contributed by atoms with Crippen LogP contribution < -0.4 is 0 Å². The molecule has 0 aliphatic carbocycles. The van der Waals surface area contributed by atoms with E-state index in [9.17, 15) is 9.18 Å². The number of benzene rings is 1. The largest absolute Gasteiger partial charge is 0.378 e. The van der Waals surface area contributed by atoms with Gasteiger partial charge in [0, 0.05) is 25.8 Å². The average molecular weight is 331 g/mol. The number of nitrogens with one attached hydrogen (secondary N) is 1. The second-order valence-electron chi connectivity index (χ2n) is 6.17.